The molecule has 2 saturated heterocycles. The first kappa shape index (κ1) is 13.2. The van der Waals surface area contributed by atoms with Crippen LogP contribution in [-0.2, 0) is 16.1 Å². The molecule has 2 aliphatic heterocycles. The number of rotatable bonds is 2. The second-order valence-corrected chi connectivity index (χ2v) is 5.53. The van der Waals surface area contributed by atoms with Crippen molar-refractivity contribution in [2.45, 2.75) is 38.6 Å². The second kappa shape index (κ2) is 6.12. The van der Waals surface area contributed by atoms with E-state index in [1.165, 1.54) is 30.5 Å². The van der Waals surface area contributed by atoms with Gasteiger partial charge in [-0.3, -0.25) is 0 Å². The quantitative estimate of drug-likeness (QED) is 0.611. The Kier molecular flexibility index (Phi) is 4.05. The molecule has 0 spiro atoms. The van der Waals surface area contributed by atoms with Gasteiger partial charge >= 0.3 is 5.97 Å². The van der Waals surface area contributed by atoms with Crippen LogP contribution >= 0.6 is 0 Å². The Morgan fingerprint density at radius 2 is 1.90 bits per heavy atom. The fourth-order valence-corrected chi connectivity index (χ4v) is 3.08. The summed E-state index contributed by atoms with van der Waals surface area (Å²) in [6.07, 6.45) is 5.42. The Morgan fingerprint density at radius 1 is 1.05 bits per heavy atom. The minimum absolute atomic E-state index is 0.0973. The summed E-state index contributed by atoms with van der Waals surface area (Å²) in [7, 11) is 0. The van der Waals surface area contributed by atoms with E-state index in [0.29, 0.717) is 6.61 Å². The van der Waals surface area contributed by atoms with Gasteiger partial charge in [-0.25, -0.2) is 4.79 Å². The van der Waals surface area contributed by atoms with Crippen LogP contribution in [0.15, 0.2) is 41.6 Å². The van der Waals surface area contributed by atoms with Crippen LogP contribution in [0.25, 0.3) is 0 Å². The van der Waals surface area contributed by atoms with Gasteiger partial charge in [0, 0.05) is 25.2 Å². The average molecular weight is 271 g/mol. The molecule has 0 N–H and O–H groups in total. The van der Waals surface area contributed by atoms with E-state index in [1.54, 1.807) is 0 Å². The highest BCUT2D eigenvalue weighted by Crippen LogP contribution is 2.29. The molecule has 0 radical (unpaired) electrons. The largest absolute Gasteiger partial charge is 0.462 e. The Balaban J connectivity index is 1.86. The van der Waals surface area contributed by atoms with Crippen LogP contribution in [0.3, 0.4) is 0 Å². The third-order valence-corrected chi connectivity index (χ3v) is 4.12. The van der Waals surface area contributed by atoms with Crippen LogP contribution < -0.4 is 0 Å². The molecule has 0 saturated carbocycles. The van der Waals surface area contributed by atoms with Gasteiger partial charge in [-0.05, 0) is 24.8 Å². The van der Waals surface area contributed by atoms with Crippen molar-refractivity contribution in [1.29, 1.82) is 0 Å². The number of likely N-dealkylation sites (tertiary alicyclic amines) is 1. The summed E-state index contributed by atoms with van der Waals surface area (Å²) in [6.45, 7) is 2.49. The first-order valence-corrected chi connectivity index (χ1v) is 7.52. The molecule has 1 aromatic rings. The monoisotopic (exact) mass is 271 g/mol. The first-order chi connectivity index (χ1) is 9.84. The number of carbonyl (C=O) groups is 1. The van der Waals surface area contributed by atoms with Crippen molar-refractivity contribution in [2.75, 3.05) is 13.2 Å². The smallest absolute Gasteiger partial charge is 0.335 e. The van der Waals surface area contributed by atoms with E-state index < -0.39 is 0 Å². The molecule has 2 aliphatic rings. The maximum absolute atomic E-state index is 11.9. The summed E-state index contributed by atoms with van der Waals surface area (Å²) >= 11 is 0. The van der Waals surface area contributed by atoms with E-state index in [-0.39, 0.29) is 5.97 Å². The highest BCUT2D eigenvalue weighted by molar-refractivity contribution is 5.91. The van der Waals surface area contributed by atoms with Gasteiger partial charge in [-0.1, -0.05) is 36.8 Å². The van der Waals surface area contributed by atoms with Crippen LogP contribution in [0, 0.1) is 0 Å². The van der Waals surface area contributed by atoms with E-state index in [0.717, 1.165) is 31.5 Å². The van der Waals surface area contributed by atoms with Gasteiger partial charge in [0.25, 0.3) is 0 Å². The van der Waals surface area contributed by atoms with Gasteiger partial charge in [0.1, 0.15) is 0 Å². The lowest BCUT2D eigenvalue weighted by Crippen LogP contribution is -2.24. The molecule has 0 aliphatic carbocycles. The first-order valence-electron chi connectivity index (χ1n) is 7.52. The molecular weight excluding hydrogens is 250 g/mol. The molecule has 1 aromatic carbocycles. The third-order valence-electron chi connectivity index (χ3n) is 4.12. The molecule has 0 atom stereocenters. The van der Waals surface area contributed by atoms with E-state index in [1.807, 2.05) is 6.07 Å². The van der Waals surface area contributed by atoms with Gasteiger partial charge < -0.3 is 9.64 Å². The molecule has 3 nitrogen and oxygen atoms in total. The van der Waals surface area contributed by atoms with Crippen molar-refractivity contribution in [3.05, 3.63) is 47.2 Å². The fraction of sp³-hybridized carbons (Fsp3) is 0.471. The summed E-state index contributed by atoms with van der Waals surface area (Å²) < 4.78 is 5.13. The Morgan fingerprint density at radius 3 is 2.65 bits per heavy atom. The van der Waals surface area contributed by atoms with E-state index >= 15 is 0 Å². The number of carbonyl (C=O) groups excluding carboxylic acids is 1. The minimum atomic E-state index is -0.0973. The van der Waals surface area contributed by atoms with E-state index in [2.05, 4.69) is 29.2 Å². The summed E-state index contributed by atoms with van der Waals surface area (Å²) in [5.41, 5.74) is 3.45. The number of hydrogen-bond acceptors (Lipinski definition) is 3. The van der Waals surface area contributed by atoms with Crippen molar-refractivity contribution >= 4 is 5.97 Å². The van der Waals surface area contributed by atoms with Crippen molar-refractivity contribution in [3.63, 3.8) is 0 Å². The summed E-state index contributed by atoms with van der Waals surface area (Å²) in [5.74, 6) is -0.0973. The van der Waals surface area contributed by atoms with Gasteiger partial charge in [0.15, 0.2) is 0 Å². The SMILES string of the molecule is O=C1OCC/C1=C1/CCCCCN1Cc1ccccc1. The van der Waals surface area contributed by atoms with E-state index in [9.17, 15) is 4.79 Å². The molecule has 3 heteroatoms. The highest BCUT2D eigenvalue weighted by atomic mass is 16.5. The van der Waals surface area contributed by atoms with Crippen molar-refractivity contribution < 1.29 is 9.53 Å². The zero-order valence-corrected chi connectivity index (χ0v) is 11.8. The maximum atomic E-state index is 11.9. The number of ether oxygens (including phenoxy) is 1. The molecule has 2 fully saturated rings. The van der Waals surface area contributed by atoms with Gasteiger partial charge in [0.2, 0.25) is 0 Å². The number of allylic oxidation sites excluding steroid dienone is 1. The molecule has 0 amide bonds. The number of benzene rings is 1. The number of hydrogen-bond donors (Lipinski definition) is 0. The lowest BCUT2D eigenvalue weighted by Gasteiger charge is -2.26. The maximum Gasteiger partial charge on any atom is 0.335 e. The normalized spacial score (nSPS) is 23.6. The zero-order chi connectivity index (χ0) is 13.8. The van der Waals surface area contributed by atoms with E-state index in [4.69, 9.17) is 4.74 Å². The molecule has 0 unspecified atom stereocenters. The Bertz CT molecular complexity index is 507. The predicted octanol–water partition coefficient (Wildman–Crippen LogP) is 3.26. The van der Waals surface area contributed by atoms with Crippen LogP contribution in [0.4, 0.5) is 0 Å². The minimum Gasteiger partial charge on any atom is -0.462 e. The van der Waals surface area contributed by atoms with Crippen LogP contribution in [0.1, 0.15) is 37.7 Å². The predicted molar refractivity (Wildman–Crippen MR) is 77.9 cm³/mol. The Hall–Kier alpha value is -1.77. The average Bonchev–Trinajstić information content (AvgIpc) is 2.76. The van der Waals surface area contributed by atoms with Crippen LogP contribution in [0.5, 0.6) is 0 Å². The van der Waals surface area contributed by atoms with Crippen molar-refractivity contribution in [2.24, 2.45) is 0 Å². The zero-order valence-electron chi connectivity index (χ0n) is 11.8. The lowest BCUT2D eigenvalue weighted by atomic mass is 10.1. The molecular formula is C17H21NO2. The van der Waals surface area contributed by atoms with Gasteiger partial charge in [-0.15, -0.1) is 0 Å². The molecule has 0 bridgehead atoms. The topological polar surface area (TPSA) is 29.5 Å². The highest BCUT2D eigenvalue weighted by Gasteiger charge is 2.26. The standard InChI is InChI=1S/C17H21NO2/c19-17-15(10-12-20-17)16-9-5-2-6-11-18(16)13-14-7-3-1-4-8-14/h1,3-4,7-8H,2,5-6,9-13H2/b16-15+. The Labute approximate surface area is 120 Å². The molecule has 20 heavy (non-hydrogen) atoms. The fourth-order valence-electron chi connectivity index (χ4n) is 3.08. The summed E-state index contributed by atoms with van der Waals surface area (Å²) in [4.78, 5) is 14.3. The van der Waals surface area contributed by atoms with Crippen molar-refractivity contribution in [1.82, 2.24) is 4.90 Å². The number of cyclic esters (lactones) is 1. The van der Waals surface area contributed by atoms with Gasteiger partial charge in [-0.2, -0.15) is 0 Å². The molecule has 2 heterocycles. The molecule has 106 valence electrons. The number of esters is 1. The molecule has 3 rings (SSSR count). The van der Waals surface area contributed by atoms with Gasteiger partial charge in [0.05, 0.1) is 12.2 Å². The number of nitrogens with zero attached hydrogens (tertiary/aromatic N) is 1. The third kappa shape index (κ3) is 2.87. The van der Waals surface area contributed by atoms with Crippen LogP contribution in [0.2, 0.25) is 0 Å². The second-order valence-electron chi connectivity index (χ2n) is 5.53. The summed E-state index contributed by atoms with van der Waals surface area (Å²) in [5, 5.41) is 0. The van der Waals surface area contributed by atoms with Crippen molar-refractivity contribution in [3.8, 4) is 0 Å². The summed E-state index contributed by atoms with van der Waals surface area (Å²) in [6, 6.07) is 10.5. The lowest BCUT2D eigenvalue weighted by molar-refractivity contribution is -0.135. The van der Waals surface area contributed by atoms with Crippen LogP contribution in [-0.4, -0.2) is 24.0 Å². The molecule has 0 aromatic heterocycles.